The van der Waals surface area contributed by atoms with E-state index in [1.807, 2.05) is 0 Å². The molecule has 16 heavy (non-hydrogen) atoms. The molecule has 0 unspecified atom stereocenters. The third-order valence-electron chi connectivity index (χ3n) is 2.37. The monoisotopic (exact) mass is 234 g/mol. The molecule has 0 aromatic rings. The molecule has 0 spiro atoms. The largest absolute Gasteiger partial charge is 0.452 e. The van der Waals surface area contributed by atoms with E-state index in [-0.39, 0.29) is 19.1 Å². The Morgan fingerprint density at radius 3 is 2.06 bits per heavy atom. The maximum Gasteiger partial charge on any atom is 0.428 e. The minimum Gasteiger partial charge on any atom is -0.452 e. The molecule has 2 amide bonds. The van der Waals surface area contributed by atoms with Gasteiger partial charge in [0.1, 0.15) is 18.7 Å². The molecular weight excluding hydrogens is 218 g/mol. The van der Waals surface area contributed by atoms with Gasteiger partial charge in [-0.15, -0.1) is 0 Å². The summed E-state index contributed by atoms with van der Waals surface area (Å²) in [6.45, 7) is 0.0544. The molecule has 4 N–H and O–H groups in total. The number of methoxy groups -OCH3 is 2. The Hall–Kier alpha value is -1.54. The van der Waals surface area contributed by atoms with E-state index < -0.39 is 18.3 Å². The average Bonchev–Trinajstić information content (AvgIpc) is 2.30. The van der Waals surface area contributed by atoms with Crippen molar-refractivity contribution in [3.05, 3.63) is 0 Å². The molecule has 1 aliphatic rings. The van der Waals surface area contributed by atoms with Crippen LogP contribution >= 0.6 is 0 Å². The molecule has 0 aromatic heterocycles. The van der Waals surface area contributed by atoms with E-state index in [9.17, 15) is 14.7 Å². The summed E-state index contributed by atoms with van der Waals surface area (Å²) < 4.78 is 9.03. The van der Waals surface area contributed by atoms with Crippen LogP contribution in [0, 0.1) is 0 Å². The average molecular weight is 234 g/mol. The lowest BCUT2D eigenvalue weighted by molar-refractivity contribution is -0.448. The van der Waals surface area contributed by atoms with Crippen LogP contribution in [0.25, 0.3) is 0 Å². The highest BCUT2D eigenvalue weighted by Crippen LogP contribution is 2.12. The van der Waals surface area contributed by atoms with Gasteiger partial charge in [0, 0.05) is 0 Å². The lowest BCUT2D eigenvalue weighted by atomic mass is 10.1. The summed E-state index contributed by atoms with van der Waals surface area (Å²) in [5.41, 5.74) is 3.69. The van der Waals surface area contributed by atoms with Crippen molar-refractivity contribution in [1.82, 2.24) is 10.0 Å². The van der Waals surface area contributed by atoms with E-state index >= 15 is 0 Å². The molecule has 0 aromatic carbocycles. The van der Waals surface area contributed by atoms with Gasteiger partial charge in [0.2, 0.25) is 0 Å². The van der Waals surface area contributed by atoms with Crippen molar-refractivity contribution >= 4 is 12.2 Å². The second kappa shape index (κ2) is 4.99. The number of ether oxygens (including phenoxy) is 2. The predicted octanol–water partition coefficient (Wildman–Crippen LogP) is -1.98. The van der Waals surface area contributed by atoms with Gasteiger partial charge < -0.3 is 20.3 Å². The maximum atomic E-state index is 11.4. The quantitative estimate of drug-likeness (QED) is 0.505. The van der Waals surface area contributed by atoms with Crippen LogP contribution in [0.5, 0.6) is 0 Å². The molecule has 2 atom stereocenters. The van der Waals surface area contributed by atoms with E-state index in [0.29, 0.717) is 0 Å². The number of rotatable bonds is 0. The summed E-state index contributed by atoms with van der Waals surface area (Å²) >= 11 is 0. The van der Waals surface area contributed by atoms with Crippen molar-refractivity contribution in [2.45, 2.75) is 12.1 Å². The van der Waals surface area contributed by atoms with Crippen molar-refractivity contribution in [3.8, 4) is 0 Å². The number of carbonyl (C=O) groups is 2. The van der Waals surface area contributed by atoms with Gasteiger partial charge in [-0.05, 0) is 0 Å². The minimum atomic E-state index is -0.792. The molecule has 0 aliphatic carbocycles. The molecular formula is C8H16N3O5+. The van der Waals surface area contributed by atoms with Crippen LogP contribution in [0.15, 0.2) is 0 Å². The van der Waals surface area contributed by atoms with Gasteiger partial charge in [-0.1, -0.05) is 0 Å². The van der Waals surface area contributed by atoms with E-state index in [0.717, 1.165) is 10.0 Å². The Balaban J connectivity index is 2.83. The van der Waals surface area contributed by atoms with Gasteiger partial charge in [0.05, 0.1) is 20.8 Å². The number of amides is 2. The van der Waals surface area contributed by atoms with E-state index in [4.69, 9.17) is 0 Å². The van der Waals surface area contributed by atoms with Crippen molar-refractivity contribution in [3.63, 3.8) is 0 Å². The van der Waals surface area contributed by atoms with Crippen LogP contribution < -0.4 is 5.73 Å². The second-order valence-corrected chi connectivity index (χ2v) is 3.43. The van der Waals surface area contributed by atoms with Gasteiger partial charge >= 0.3 is 12.2 Å². The Kier molecular flexibility index (Phi) is 3.91. The maximum absolute atomic E-state index is 11.4. The smallest absolute Gasteiger partial charge is 0.428 e. The third kappa shape index (κ3) is 2.34. The molecule has 92 valence electrons. The summed E-state index contributed by atoms with van der Waals surface area (Å²) in [6.07, 6.45) is -2.21. The Bertz CT molecular complexity index is 257. The molecule has 8 nitrogen and oxygen atoms in total. The van der Waals surface area contributed by atoms with Gasteiger partial charge in [-0.2, -0.15) is 0 Å². The number of hydrogen-bond acceptors (Lipinski definition) is 5. The second-order valence-electron chi connectivity index (χ2n) is 3.43. The zero-order valence-corrected chi connectivity index (χ0v) is 9.25. The molecule has 0 radical (unpaired) electrons. The van der Waals surface area contributed by atoms with E-state index in [1.165, 1.54) is 14.2 Å². The van der Waals surface area contributed by atoms with Crippen molar-refractivity contribution in [1.29, 1.82) is 0 Å². The van der Waals surface area contributed by atoms with Crippen LogP contribution in [0.2, 0.25) is 0 Å². The standard InChI is InChI=1S/C8H15N3O5/c1-15-7(13)10-3-5(9)6(12)4-11(10)8(14)16-2/h5-6,12H,3-4,9H2,1-2H3/p+1/t5-,6-/m1/s1. The first-order chi connectivity index (χ1) is 7.51. The van der Waals surface area contributed by atoms with Gasteiger partial charge in [0.15, 0.2) is 0 Å². The Labute approximate surface area is 92.5 Å². The zero-order chi connectivity index (χ0) is 12.3. The number of nitrogens with zero attached hydrogens (tertiary/aromatic N) is 2. The fourth-order valence-electron chi connectivity index (χ4n) is 1.42. The molecule has 1 fully saturated rings. The first-order valence-electron chi connectivity index (χ1n) is 4.73. The van der Waals surface area contributed by atoms with Crippen molar-refractivity contribution in [2.75, 3.05) is 27.3 Å². The normalized spacial score (nSPS) is 25.2. The number of β-amino-alcohol motifs (C(OH)–C–C–N with tert-alkyl or cyclic N) is 1. The molecule has 0 bridgehead atoms. The Morgan fingerprint density at radius 2 is 1.62 bits per heavy atom. The lowest BCUT2D eigenvalue weighted by Gasteiger charge is -2.39. The van der Waals surface area contributed by atoms with Crippen LogP contribution in [0.3, 0.4) is 0 Å². The van der Waals surface area contributed by atoms with Crippen LogP contribution in [-0.2, 0) is 9.47 Å². The van der Waals surface area contributed by atoms with Crippen LogP contribution in [0.1, 0.15) is 0 Å². The highest BCUT2D eigenvalue weighted by atomic mass is 16.6. The predicted molar refractivity (Wildman–Crippen MR) is 50.9 cm³/mol. The molecule has 1 aliphatic heterocycles. The van der Waals surface area contributed by atoms with E-state index in [1.54, 1.807) is 0 Å². The summed E-state index contributed by atoms with van der Waals surface area (Å²) in [5.74, 6) is 0. The number of quaternary nitrogens is 1. The fraction of sp³-hybridized carbons (Fsp3) is 0.750. The summed E-state index contributed by atoms with van der Waals surface area (Å²) in [5, 5.41) is 11.6. The summed E-state index contributed by atoms with van der Waals surface area (Å²) in [4.78, 5) is 22.8. The zero-order valence-electron chi connectivity index (χ0n) is 9.25. The fourth-order valence-corrected chi connectivity index (χ4v) is 1.42. The molecule has 1 rings (SSSR count). The Morgan fingerprint density at radius 1 is 1.19 bits per heavy atom. The topological polar surface area (TPSA) is 107 Å². The highest BCUT2D eigenvalue weighted by molar-refractivity contribution is 5.74. The first-order valence-corrected chi connectivity index (χ1v) is 4.73. The number of aliphatic hydroxyl groups is 1. The SMILES string of the molecule is COC(=O)N1C[C@@H]([NH3+])[C@H](O)CN1C(=O)OC. The van der Waals surface area contributed by atoms with Gasteiger partial charge in [-0.25, -0.2) is 19.6 Å². The summed E-state index contributed by atoms with van der Waals surface area (Å²) in [7, 11) is 2.40. The van der Waals surface area contributed by atoms with Gasteiger partial charge in [0.25, 0.3) is 0 Å². The lowest BCUT2D eigenvalue weighted by Crippen LogP contribution is -2.77. The number of hydrogen-bond donors (Lipinski definition) is 2. The van der Waals surface area contributed by atoms with Crippen molar-refractivity contribution in [2.24, 2.45) is 0 Å². The number of hydrazine groups is 1. The first kappa shape index (κ1) is 12.5. The third-order valence-corrected chi connectivity index (χ3v) is 2.37. The van der Waals surface area contributed by atoms with Gasteiger partial charge in [-0.3, -0.25) is 0 Å². The molecule has 1 saturated heterocycles. The van der Waals surface area contributed by atoms with Crippen LogP contribution in [0.4, 0.5) is 9.59 Å². The minimum absolute atomic E-state index is 0.0457. The highest BCUT2D eigenvalue weighted by Gasteiger charge is 2.39. The number of carbonyl (C=O) groups excluding carboxylic acids is 2. The molecule has 8 heteroatoms. The van der Waals surface area contributed by atoms with Crippen LogP contribution in [-0.4, -0.2) is 66.8 Å². The molecule has 0 saturated carbocycles. The van der Waals surface area contributed by atoms with Crippen molar-refractivity contribution < 1.29 is 29.9 Å². The summed E-state index contributed by atoms with van der Waals surface area (Å²) in [6, 6.07) is -0.375. The van der Waals surface area contributed by atoms with E-state index in [2.05, 4.69) is 15.2 Å². The number of aliphatic hydroxyl groups excluding tert-OH is 1. The molecule has 1 heterocycles.